The molecule has 2 aromatic rings. The van der Waals surface area contributed by atoms with Crippen LogP contribution in [0.2, 0.25) is 0 Å². The van der Waals surface area contributed by atoms with Gasteiger partial charge in [0.1, 0.15) is 0 Å². The lowest BCUT2D eigenvalue weighted by Crippen LogP contribution is -2.28. The van der Waals surface area contributed by atoms with Crippen molar-refractivity contribution in [3.63, 3.8) is 0 Å². The maximum absolute atomic E-state index is 12.2. The highest BCUT2D eigenvalue weighted by Crippen LogP contribution is 2.13. The van der Waals surface area contributed by atoms with Gasteiger partial charge in [-0.3, -0.25) is 0 Å². The highest BCUT2D eigenvalue weighted by Gasteiger charge is 2.15. The summed E-state index contributed by atoms with van der Waals surface area (Å²) in [4.78, 5) is 0.313. The molecule has 118 valence electrons. The minimum atomic E-state index is -3.47. The van der Waals surface area contributed by atoms with Crippen LogP contribution in [0.1, 0.15) is 16.7 Å². The Hall–Kier alpha value is -1.69. The van der Waals surface area contributed by atoms with Gasteiger partial charge in [0, 0.05) is 6.54 Å². The molecule has 0 amide bonds. The van der Waals surface area contributed by atoms with E-state index in [9.17, 15) is 8.42 Å². The van der Waals surface area contributed by atoms with E-state index >= 15 is 0 Å². The fraction of sp³-hybridized carbons (Fsp3) is 0.294. The van der Waals surface area contributed by atoms with Gasteiger partial charge in [-0.15, -0.1) is 0 Å². The Morgan fingerprint density at radius 1 is 1.00 bits per heavy atom. The number of hydrogen-bond acceptors (Lipinski definition) is 3. The first-order valence-corrected chi connectivity index (χ1v) is 8.66. The summed E-state index contributed by atoms with van der Waals surface area (Å²) in [6.45, 7) is 4.88. The summed E-state index contributed by atoms with van der Waals surface area (Å²) in [5.41, 5.74) is 3.01. The second-order valence-corrected chi connectivity index (χ2v) is 6.94. The van der Waals surface area contributed by atoms with Gasteiger partial charge < -0.3 is 4.74 Å². The smallest absolute Gasteiger partial charge is 0.240 e. The lowest BCUT2D eigenvalue weighted by Gasteiger charge is -2.09. The fourth-order valence-electron chi connectivity index (χ4n) is 2.06. The summed E-state index contributed by atoms with van der Waals surface area (Å²) in [6, 6.07) is 15.0. The van der Waals surface area contributed by atoms with Crippen molar-refractivity contribution in [2.75, 3.05) is 13.2 Å². The van der Waals surface area contributed by atoms with Gasteiger partial charge in [-0.25, -0.2) is 13.1 Å². The van der Waals surface area contributed by atoms with Crippen LogP contribution in [0, 0.1) is 13.8 Å². The summed E-state index contributed by atoms with van der Waals surface area (Å²) in [7, 11) is -3.47. The molecular weight excluding hydrogens is 298 g/mol. The van der Waals surface area contributed by atoms with Crippen LogP contribution in [0.4, 0.5) is 0 Å². The Morgan fingerprint density at radius 3 is 2.36 bits per heavy atom. The van der Waals surface area contributed by atoms with Crippen LogP contribution in [0.15, 0.2) is 53.4 Å². The first-order chi connectivity index (χ1) is 10.5. The molecule has 1 N–H and O–H groups in total. The molecule has 0 aliphatic carbocycles. The molecule has 4 nitrogen and oxygen atoms in total. The third-order valence-corrected chi connectivity index (χ3v) is 4.93. The molecule has 0 atom stereocenters. The van der Waals surface area contributed by atoms with Gasteiger partial charge >= 0.3 is 0 Å². The van der Waals surface area contributed by atoms with E-state index in [2.05, 4.69) is 4.72 Å². The average molecular weight is 319 g/mol. The molecule has 0 saturated heterocycles. The van der Waals surface area contributed by atoms with Crippen molar-refractivity contribution in [1.82, 2.24) is 4.72 Å². The van der Waals surface area contributed by atoms with E-state index in [1.165, 1.54) is 5.56 Å². The van der Waals surface area contributed by atoms with Crippen LogP contribution in [0.5, 0.6) is 0 Å². The summed E-state index contributed by atoms with van der Waals surface area (Å²) in [5.74, 6) is 0. The molecule has 5 heteroatoms. The summed E-state index contributed by atoms with van der Waals surface area (Å²) in [6.07, 6.45) is 0. The zero-order chi connectivity index (χ0) is 16.0. The third kappa shape index (κ3) is 4.66. The third-order valence-electron chi connectivity index (χ3n) is 3.31. The van der Waals surface area contributed by atoms with Crippen molar-refractivity contribution < 1.29 is 13.2 Å². The molecule has 0 unspecified atom stereocenters. The number of aryl methyl sites for hydroxylation is 2. The minimum Gasteiger partial charge on any atom is -0.375 e. The highest BCUT2D eigenvalue weighted by atomic mass is 32.2. The molecule has 0 aromatic heterocycles. The van der Waals surface area contributed by atoms with Crippen LogP contribution in [-0.2, 0) is 21.4 Å². The van der Waals surface area contributed by atoms with E-state index in [0.717, 1.165) is 11.1 Å². The molecule has 0 bridgehead atoms. The molecule has 22 heavy (non-hydrogen) atoms. The van der Waals surface area contributed by atoms with Crippen LogP contribution in [0.3, 0.4) is 0 Å². The predicted octanol–water partition coefficient (Wildman–Crippen LogP) is 2.80. The van der Waals surface area contributed by atoms with Crippen LogP contribution in [-0.4, -0.2) is 21.6 Å². The van der Waals surface area contributed by atoms with Crippen LogP contribution < -0.4 is 4.72 Å². The van der Waals surface area contributed by atoms with Gasteiger partial charge in [-0.2, -0.15) is 0 Å². The first-order valence-electron chi connectivity index (χ1n) is 7.17. The van der Waals surface area contributed by atoms with E-state index in [-0.39, 0.29) is 6.54 Å². The average Bonchev–Trinajstić information content (AvgIpc) is 2.49. The fourth-order valence-corrected chi connectivity index (χ4v) is 3.32. The number of benzene rings is 2. The number of sulfonamides is 1. The van der Waals surface area contributed by atoms with E-state index in [1.54, 1.807) is 25.1 Å². The lowest BCUT2D eigenvalue weighted by molar-refractivity contribution is 0.126. The molecule has 0 radical (unpaired) electrons. The quantitative estimate of drug-likeness (QED) is 0.798. The monoisotopic (exact) mass is 319 g/mol. The number of rotatable bonds is 7. The molecule has 2 aromatic carbocycles. The number of hydrogen-bond donors (Lipinski definition) is 1. The van der Waals surface area contributed by atoms with Crippen molar-refractivity contribution in [2.24, 2.45) is 0 Å². The van der Waals surface area contributed by atoms with Gasteiger partial charge in [0.15, 0.2) is 0 Å². The van der Waals surface area contributed by atoms with Crippen LogP contribution in [0.25, 0.3) is 0 Å². The van der Waals surface area contributed by atoms with Crippen molar-refractivity contribution >= 4 is 10.0 Å². The minimum absolute atomic E-state index is 0.253. The first kappa shape index (κ1) is 16.7. The maximum atomic E-state index is 12.2. The Labute approximate surface area is 132 Å². The zero-order valence-corrected chi connectivity index (χ0v) is 13.7. The maximum Gasteiger partial charge on any atom is 0.240 e. The van der Waals surface area contributed by atoms with Crippen molar-refractivity contribution in [3.8, 4) is 0 Å². The normalized spacial score (nSPS) is 11.5. The molecule has 0 aliphatic rings. The Morgan fingerprint density at radius 2 is 1.68 bits per heavy atom. The molecule has 0 fully saturated rings. The summed E-state index contributed by atoms with van der Waals surface area (Å²) < 4.78 is 32.4. The second-order valence-electron chi connectivity index (χ2n) is 5.20. The van der Waals surface area contributed by atoms with Gasteiger partial charge in [-0.05, 0) is 31.0 Å². The Kier molecular flexibility index (Phi) is 5.71. The van der Waals surface area contributed by atoms with E-state index in [4.69, 9.17) is 4.74 Å². The number of nitrogens with one attached hydrogen (secondary N) is 1. The van der Waals surface area contributed by atoms with Gasteiger partial charge in [-0.1, -0.05) is 48.0 Å². The Balaban J connectivity index is 1.79. The topological polar surface area (TPSA) is 55.4 Å². The van der Waals surface area contributed by atoms with Gasteiger partial charge in [0.2, 0.25) is 10.0 Å². The van der Waals surface area contributed by atoms with Gasteiger partial charge in [0.05, 0.1) is 18.1 Å². The molecule has 0 aliphatic heterocycles. The highest BCUT2D eigenvalue weighted by molar-refractivity contribution is 7.89. The van der Waals surface area contributed by atoms with Crippen LogP contribution >= 0.6 is 0 Å². The summed E-state index contributed by atoms with van der Waals surface area (Å²) in [5, 5.41) is 0. The SMILES string of the molecule is Cc1ccc(COCCNS(=O)(=O)c2ccccc2C)cc1. The Bertz CT molecular complexity index is 709. The molecular formula is C17H21NO3S. The standard InChI is InChI=1S/C17H21NO3S/c1-14-7-9-16(10-8-14)13-21-12-11-18-22(19,20)17-6-4-3-5-15(17)2/h3-10,18H,11-13H2,1-2H3. The van der Waals surface area contributed by atoms with Gasteiger partial charge in [0.25, 0.3) is 0 Å². The van der Waals surface area contributed by atoms with Crippen molar-refractivity contribution in [2.45, 2.75) is 25.3 Å². The zero-order valence-electron chi connectivity index (χ0n) is 12.9. The molecule has 2 rings (SSSR count). The van der Waals surface area contributed by atoms with E-state index < -0.39 is 10.0 Å². The van der Waals surface area contributed by atoms with E-state index in [0.29, 0.717) is 18.1 Å². The largest absolute Gasteiger partial charge is 0.375 e. The predicted molar refractivity (Wildman–Crippen MR) is 87.2 cm³/mol. The number of ether oxygens (including phenoxy) is 1. The summed E-state index contributed by atoms with van der Waals surface area (Å²) >= 11 is 0. The second kappa shape index (κ2) is 7.54. The van der Waals surface area contributed by atoms with Crippen molar-refractivity contribution in [3.05, 3.63) is 65.2 Å². The van der Waals surface area contributed by atoms with Crippen molar-refractivity contribution in [1.29, 1.82) is 0 Å². The molecule has 0 heterocycles. The molecule has 0 spiro atoms. The molecule has 0 saturated carbocycles. The van der Waals surface area contributed by atoms with E-state index in [1.807, 2.05) is 37.3 Å². The lowest BCUT2D eigenvalue weighted by atomic mass is 10.2.